The molecule has 30 heavy (non-hydrogen) atoms. The van der Waals surface area contributed by atoms with Crippen LogP contribution in [0.25, 0.3) is 0 Å². The summed E-state index contributed by atoms with van der Waals surface area (Å²) in [6.45, 7) is 4.35. The van der Waals surface area contributed by atoms with Gasteiger partial charge >= 0.3 is 0 Å². The molecule has 0 spiro atoms. The monoisotopic (exact) mass is 432 g/mol. The largest absolute Gasteiger partial charge is 0.496 e. The van der Waals surface area contributed by atoms with Gasteiger partial charge in [0.15, 0.2) is 0 Å². The summed E-state index contributed by atoms with van der Waals surface area (Å²) >= 11 is 0. The SMILES string of the molecule is COc1ccc(S(=O)(=O)NCCC(C)C)cc1C(=O)NC1c2ccccc2CC1O. The van der Waals surface area contributed by atoms with E-state index in [0.29, 0.717) is 25.3 Å². The van der Waals surface area contributed by atoms with E-state index in [-0.39, 0.29) is 16.2 Å². The van der Waals surface area contributed by atoms with Crippen LogP contribution in [0.3, 0.4) is 0 Å². The van der Waals surface area contributed by atoms with E-state index in [1.54, 1.807) is 0 Å². The van der Waals surface area contributed by atoms with E-state index in [9.17, 15) is 18.3 Å². The highest BCUT2D eigenvalue weighted by Gasteiger charge is 2.33. The fourth-order valence-corrected chi connectivity index (χ4v) is 4.64. The fraction of sp³-hybridized carbons (Fsp3) is 0.409. The Kier molecular flexibility index (Phi) is 6.80. The van der Waals surface area contributed by atoms with Crippen LogP contribution in [0.15, 0.2) is 47.4 Å². The molecular formula is C22H28N2O5S. The molecular weight excluding hydrogens is 404 g/mol. The van der Waals surface area contributed by atoms with Crippen LogP contribution in [0.5, 0.6) is 5.75 Å². The summed E-state index contributed by atoms with van der Waals surface area (Å²) < 4.78 is 33.1. The Morgan fingerprint density at radius 2 is 1.97 bits per heavy atom. The highest BCUT2D eigenvalue weighted by atomic mass is 32.2. The molecule has 0 aliphatic heterocycles. The quantitative estimate of drug-likeness (QED) is 0.594. The van der Waals surface area contributed by atoms with Crippen LogP contribution in [0.4, 0.5) is 0 Å². The van der Waals surface area contributed by atoms with Crippen LogP contribution in [-0.2, 0) is 16.4 Å². The number of aliphatic hydroxyl groups is 1. The number of rotatable bonds is 8. The molecule has 2 aromatic rings. The van der Waals surface area contributed by atoms with Gasteiger partial charge in [-0.2, -0.15) is 0 Å². The number of carbonyl (C=O) groups excluding carboxylic acids is 1. The number of methoxy groups -OCH3 is 1. The average molecular weight is 433 g/mol. The number of hydrogen-bond acceptors (Lipinski definition) is 5. The molecule has 0 bridgehead atoms. The maximum absolute atomic E-state index is 13.0. The van der Waals surface area contributed by atoms with Crippen molar-refractivity contribution in [1.29, 1.82) is 0 Å². The number of sulfonamides is 1. The van der Waals surface area contributed by atoms with Crippen molar-refractivity contribution >= 4 is 15.9 Å². The maximum atomic E-state index is 13.0. The third kappa shape index (κ3) is 4.83. The van der Waals surface area contributed by atoms with Gasteiger partial charge in [-0.25, -0.2) is 13.1 Å². The third-order valence-corrected chi connectivity index (χ3v) is 6.69. The van der Waals surface area contributed by atoms with E-state index in [0.717, 1.165) is 11.1 Å². The van der Waals surface area contributed by atoms with Crippen LogP contribution in [0, 0.1) is 5.92 Å². The normalized spacial score (nSPS) is 18.3. The lowest BCUT2D eigenvalue weighted by molar-refractivity contribution is 0.0855. The molecule has 0 fully saturated rings. The molecule has 0 heterocycles. The van der Waals surface area contributed by atoms with E-state index in [1.165, 1.54) is 25.3 Å². The first-order chi connectivity index (χ1) is 14.2. The van der Waals surface area contributed by atoms with Crippen molar-refractivity contribution in [2.45, 2.75) is 43.7 Å². The minimum atomic E-state index is -3.76. The summed E-state index contributed by atoms with van der Waals surface area (Å²) in [5.74, 6) is 0.117. The van der Waals surface area contributed by atoms with Gasteiger partial charge < -0.3 is 15.2 Å². The molecule has 1 amide bonds. The van der Waals surface area contributed by atoms with Gasteiger partial charge in [-0.1, -0.05) is 38.1 Å². The Morgan fingerprint density at radius 3 is 2.67 bits per heavy atom. The zero-order valence-corrected chi connectivity index (χ0v) is 18.2. The molecule has 1 aliphatic rings. The van der Waals surface area contributed by atoms with Crippen LogP contribution in [0.2, 0.25) is 0 Å². The molecule has 3 rings (SSSR count). The van der Waals surface area contributed by atoms with Crippen molar-refractivity contribution in [2.24, 2.45) is 5.92 Å². The molecule has 0 radical (unpaired) electrons. The number of hydrogen-bond donors (Lipinski definition) is 3. The smallest absolute Gasteiger partial charge is 0.255 e. The molecule has 0 saturated carbocycles. The predicted octanol–water partition coefficient (Wildman–Crippen LogP) is 2.41. The van der Waals surface area contributed by atoms with Crippen LogP contribution in [-0.4, -0.2) is 39.2 Å². The minimum absolute atomic E-state index is 0.00965. The van der Waals surface area contributed by atoms with Gasteiger partial charge in [-0.15, -0.1) is 0 Å². The predicted molar refractivity (Wildman–Crippen MR) is 114 cm³/mol. The average Bonchev–Trinajstić information content (AvgIpc) is 3.02. The van der Waals surface area contributed by atoms with E-state index in [1.807, 2.05) is 38.1 Å². The summed E-state index contributed by atoms with van der Waals surface area (Å²) in [4.78, 5) is 13.0. The second kappa shape index (κ2) is 9.16. The van der Waals surface area contributed by atoms with Crippen molar-refractivity contribution < 1.29 is 23.1 Å². The van der Waals surface area contributed by atoms with E-state index in [4.69, 9.17) is 4.74 Å². The number of nitrogens with one attached hydrogen (secondary N) is 2. The second-order valence-electron chi connectivity index (χ2n) is 7.86. The molecule has 1 aliphatic carbocycles. The molecule has 0 aromatic heterocycles. The van der Waals surface area contributed by atoms with E-state index in [2.05, 4.69) is 10.0 Å². The number of carbonyl (C=O) groups is 1. The highest BCUT2D eigenvalue weighted by molar-refractivity contribution is 7.89. The number of amides is 1. The lowest BCUT2D eigenvalue weighted by Crippen LogP contribution is -2.34. The number of ether oxygens (including phenoxy) is 1. The molecule has 162 valence electrons. The van der Waals surface area contributed by atoms with Gasteiger partial charge in [0.25, 0.3) is 5.91 Å². The summed E-state index contributed by atoms with van der Waals surface area (Å²) in [7, 11) is -2.34. The molecule has 0 saturated heterocycles. The van der Waals surface area contributed by atoms with E-state index < -0.39 is 28.1 Å². The summed E-state index contributed by atoms with van der Waals surface area (Å²) in [6.07, 6.45) is 0.413. The Labute approximate surface area is 177 Å². The van der Waals surface area contributed by atoms with Crippen molar-refractivity contribution in [3.8, 4) is 5.75 Å². The van der Waals surface area contributed by atoms with Crippen molar-refractivity contribution in [1.82, 2.24) is 10.0 Å². The zero-order chi connectivity index (χ0) is 21.9. The summed E-state index contributed by atoms with van der Waals surface area (Å²) in [5.41, 5.74) is 1.94. The van der Waals surface area contributed by atoms with Gasteiger partial charge in [0, 0.05) is 13.0 Å². The molecule has 2 atom stereocenters. The van der Waals surface area contributed by atoms with Crippen molar-refractivity contribution in [3.05, 3.63) is 59.2 Å². The van der Waals surface area contributed by atoms with Crippen LogP contribution in [0.1, 0.15) is 47.8 Å². The van der Waals surface area contributed by atoms with Gasteiger partial charge in [0.2, 0.25) is 10.0 Å². The molecule has 2 aromatic carbocycles. The van der Waals surface area contributed by atoms with Gasteiger partial charge in [0.05, 0.1) is 29.7 Å². The van der Waals surface area contributed by atoms with Crippen LogP contribution < -0.4 is 14.8 Å². The Hall–Kier alpha value is -2.42. The van der Waals surface area contributed by atoms with E-state index >= 15 is 0 Å². The van der Waals surface area contributed by atoms with Crippen molar-refractivity contribution in [3.63, 3.8) is 0 Å². The molecule has 8 heteroatoms. The third-order valence-electron chi connectivity index (χ3n) is 5.23. The fourth-order valence-electron chi connectivity index (χ4n) is 3.56. The standard InChI is InChI=1S/C22H28N2O5S/c1-14(2)10-11-23-30(27,28)16-8-9-20(29-3)18(13-16)22(26)24-21-17-7-5-4-6-15(17)12-19(21)25/h4-9,13-14,19,21,23,25H,10-12H2,1-3H3,(H,24,26). The summed E-state index contributed by atoms with van der Waals surface area (Å²) in [5, 5.41) is 13.2. The molecule has 2 unspecified atom stereocenters. The topological polar surface area (TPSA) is 105 Å². The Balaban J connectivity index is 1.84. The number of benzene rings is 2. The maximum Gasteiger partial charge on any atom is 0.255 e. The summed E-state index contributed by atoms with van der Waals surface area (Å²) in [6, 6.07) is 11.1. The van der Waals surface area contributed by atoms with Gasteiger partial charge in [-0.05, 0) is 41.7 Å². The Morgan fingerprint density at radius 1 is 1.23 bits per heavy atom. The van der Waals surface area contributed by atoms with Gasteiger partial charge in [-0.3, -0.25) is 4.79 Å². The van der Waals surface area contributed by atoms with Crippen molar-refractivity contribution in [2.75, 3.05) is 13.7 Å². The minimum Gasteiger partial charge on any atom is -0.496 e. The molecule has 3 N–H and O–H groups in total. The highest BCUT2D eigenvalue weighted by Crippen LogP contribution is 2.32. The Bertz CT molecular complexity index is 1020. The molecule has 7 nitrogen and oxygen atoms in total. The zero-order valence-electron chi connectivity index (χ0n) is 17.4. The lowest BCUT2D eigenvalue weighted by atomic mass is 10.1. The second-order valence-corrected chi connectivity index (χ2v) is 9.63. The lowest BCUT2D eigenvalue weighted by Gasteiger charge is -2.19. The van der Waals surface area contributed by atoms with Crippen LogP contribution >= 0.6 is 0 Å². The first-order valence-corrected chi connectivity index (χ1v) is 11.5. The first-order valence-electron chi connectivity index (χ1n) is 9.97. The number of fused-ring (bicyclic) bond motifs is 1. The van der Waals surface area contributed by atoms with Gasteiger partial charge in [0.1, 0.15) is 5.75 Å². The first kappa shape index (κ1) is 22.3. The number of aliphatic hydroxyl groups excluding tert-OH is 1.